The van der Waals surface area contributed by atoms with Crippen LogP contribution in [-0.2, 0) is 20.9 Å². The van der Waals surface area contributed by atoms with E-state index in [0.29, 0.717) is 24.9 Å². The summed E-state index contributed by atoms with van der Waals surface area (Å²) in [5.74, 6) is -1.52. The lowest BCUT2D eigenvalue weighted by molar-refractivity contribution is -0.129. The second-order valence-electron chi connectivity index (χ2n) is 9.32. The molecular weight excluding hydrogens is 506 g/mol. The number of nitrogens with one attached hydrogen (secondary N) is 3. The van der Waals surface area contributed by atoms with Crippen LogP contribution in [0.25, 0.3) is 0 Å². The second kappa shape index (κ2) is 15.0. The molecule has 0 heterocycles. The first-order chi connectivity index (χ1) is 19.3. The number of carbonyl (C=O) groups is 3. The van der Waals surface area contributed by atoms with Crippen LogP contribution in [0.5, 0.6) is 0 Å². The molecule has 210 valence electrons. The number of hydrogen-bond donors (Lipinski definition) is 6. The smallest absolute Gasteiger partial charge is 0.242 e. The Morgan fingerprint density at radius 2 is 1.35 bits per heavy atom. The Morgan fingerprint density at radius 3 is 1.88 bits per heavy atom. The Morgan fingerprint density at radius 1 is 0.775 bits per heavy atom. The maximum atomic E-state index is 13.7. The van der Waals surface area contributed by atoms with Crippen molar-refractivity contribution in [2.45, 2.75) is 37.4 Å². The summed E-state index contributed by atoms with van der Waals surface area (Å²) in [5, 5.41) is 8.39. The summed E-state index contributed by atoms with van der Waals surface area (Å²) in [4.78, 5) is 42.7. The number of guanidine groups is 1. The lowest BCUT2D eigenvalue weighted by Gasteiger charge is -2.23. The van der Waals surface area contributed by atoms with Crippen molar-refractivity contribution in [2.24, 2.45) is 22.2 Å². The Kier molecular flexibility index (Phi) is 11.2. The van der Waals surface area contributed by atoms with Crippen LogP contribution in [0.4, 0.5) is 0 Å². The van der Waals surface area contributed by atoms with E-state index in [1.165, 1.54) is 7.05 Å². The molecule has 3 rings (SSSR count). The van der Waals surface area contributed by atoms with Crippen LogP contribution in [0.2, 0.25) is 0 Å². The fourth-order valence-corrected chi connectivity index (χ4v) is 4.28. The zero-order valence-corrected chi connectivity index (χ0v) is 22.5. The van der Waals surface area contributed by atoms with Crippen molar-refractivity contribution in [3.8, 4) is 0 Å². The van der Waals surface area contributed by atoms with Crippen molar-refractivity contribution in [3.63, 3.8) is 0 Å². The second-order valence-corrected chi connectivity index (χ2v) is 9.32. The first-order valence-corrected chi connectivity index (χ1v) is 13.1. The van der Waals surface area contributed by atoms with Gasteiger partial charge in [0.25, 0.3) is 0 Å². The largest absolute Gasteiger partial charge is 0.370 e. The molecule has 10 heteroatoms. The summed E-state index contributed by atoms with van der Waals surface area (Å²) in [6.07, 6.45) is 0.828. The predicted octanol–water partition coefficient (Wildman–Crippen LogP) is 1.42. The van der Waals surface area contributed by atoms with E-state index in [1.807, 2.05) is 60.7 Å². The summed E-state index contributed by atoms with van der Waals surface area (Å²) < 4.78 is 0. The highest BCUT2D eigenvalue weighted by Crippen LogP contribution is 2.25. The van der Waals surface area contributed by atoms with Crippen LogP contribution in [0.1, 0.15) is 47.1 Å². The molecule has 3 aromatic carbocycles. The normalized spacial score (nSPS) is 12.2. The minimum atomic E-state index is -0.808. The molecule has 0 saturated heterocycles. The lowest BCUT2D eigenvalue weighted by Crippen LogP contribution is -2.48. The Hall–Kier alpha value is -4.70. The van der Waals surface area contributed by atoms with Gasteiger partial charge in [-0.25, -0.2) is 0 Å². The van der Waals surface area contributed by atoms with Gasteiger partial charge in [0.2, 0.25) is 17.7 Å². The molecule has 0 spiro atoms. The number of hydrogen-bond acceptors (Lipinski definition) is 5. The monoisotopic (exact) mass is 543 g/mol. The summed E-state index contributed by atoms with van der Waals surface area (Å²) in [6, 6.07) is 24.4. The quantitative estimate of drug-likeness (QED) is 0.108. The van der Waals surface area contributed by atoms with E-state index >= 15 is 0 Å². The summed E-state index contributed by atoms with van der Waals surface area (Å²) in [5.41, 5.74) is 19.9. The molecular formula is C30H37N7O3. The molecule has 0 fully saturated rings. The third-order valence-electron chi connectivity index (χ3n) is 6.44. The van der Waals surface area contributed by atoms with Gasteiger partial charge < -0.3 is 33.2 Å². The van der Waals surface area contributed by atoms with Crippen molar-refractivity contribution in [2.75, 3.05) is 13.6 Å². The number of amides is 3. The van der Waals surface area contributed by atoms with Gasteiger partial charge in [0.1, 0.15) is 12.1 Å². The van der Waals surface area contributed by atoms with Gasteiger partial charge in [-0.1, -0.05) is 84.9 Å². The molecule has 0 aliphatic carbocycles. The predicted molar refractivity (Wildman–Crippen MR) is 156 cm³/mol. The van der Waals surface area contributed by atoms with Crippen LogP contribution in [0.15, 0.2) is 89.9 Å². The van der Waals surface area contributed by atoms with Crippen molar-refractivity contribution in [1.82, 2.24) is 16.0 Å². The molecule has 0 aliphatic heterocycles. The van der Waals surface area contributed by atoms with Crippen LogP contribution < -0.4 is 33.2 Å². The summed E-state index contributed by atoms with van der Waals surface area (Å²) in [6.45, 7) is 0.561. The van der Waals surface area contributed by atoms with Gasteiger partial charge in [0.05, 0.1) is 5.92 Å². The van der Waals surface area contributed by atoms with E-state index in [-0.39, 0.29) is 30.2 Å². The molecule has 0 aliphatic rings. The number of rotatable bonds is 13. The minimum Gasteiger partial charge on any atom is -0.370 e. The Labute approximate surface area is 234 Å². The lowest BCUT2D eigenvalue weighted by atomic mass is 9.90. The van der Waals surface area contributed by atoms with Gasteiger partial charge in [-0.15, -0.1) is 0 Å². The third-order valence-corrected chi connectivity index (χ3v) is 6.44. The molecule has 40 heavy (non-hydrogen) atoms. The molecule has 0 aromatic heterocycles. The average molecular weight is 544 g/mol. The van der Waals surface area contributed by atoms with Crippen LogP contribution in [0, 0.1) is 0 Å². The fourth-order valence-electron chi connectivity index (χ4n) is 4.28. The van der Waals surface area contributed by atoms with Gasteiger partial charge >= 0.3 is 0 Å². The van der Waals surface area contributed by atoms with Gasteiger partial charge in [-0.2, -0.15) is 0 Å². The maximum absolute atomic E-state index is 13.7. The molecule has 2 atom stereocenters. The number of nitrogens with zero attached hydrogens (tertiary/aromatic N) is 1. The zero-order valence-electron chi connectivity index (χ0n) is 22.5. The van der Waals surface area contributed by atoms with Gasteiger partial charge in [-0.05, 0) is 35.1 Å². The van der Waals surface area contributed by atoms with Crippen molar-refractivity contribution >= 4 is 23.7 Å². The standard InChI is InChI=1S/C30H37N7O3/c1-34-29(40)26(31)23-16-14-20(15-17-23)19-36-27(38)24(13-8-18-35-30(32)33)37-28(39)25(21-9-4-2-5-10-21)22-11-6-3-7-12-22/h2-7,9-12,14-17,24-26H,8,13,18-19,31H2,1H3,(H,34,40)(H,36,38)(H,37,39)(H4,32,33,35)/t24-,26?/m1/s1. The van der Waals surface area contributed by atoms with E-state index in [2.05, 4.69) is 20.9 Å². The van der Waals surface area contributed by atoms with Crippen LogP contribution in [0.3, 0.4) is 0 Å². The van der Waals surface area contributed by atoms with E-state index < -0.39 is 18.0 Å². The van der Waals surface area contributed by atoms with Crippen molar-refractivity contribution in [3.05, 3.63) is 107 Å². The van der Waals surface area contributed by atoms with Gasteiger partial charge in [0.15, 0.2) is 5.96 Å². The third kappa shape index (κ3) is 8.67. The number of aliphatic imine (C=N–C) groups is 1. The van der Waals surface area contributed by atoms with Crippen molar-refractivity contribution < 1.29 is 14.4 Å². The molecule has 10 nitrogen and oxygen atoms in total. The minimum absolute atomic E-state index is 0.0298. The van der Waals surface area contributed by atoms with Gasteiger partial charge in [-0.3, -0.25) is 19.4 Å². The SMILES string of the molecule is CNC(=O)C(N)c1ccc(CNC(=O)[C@@H](CCCN=C(N)N)NC(=O)C(c2ccccc2)c2ccccc2)cc1. The molecule has 3 amide bonds. The first-order valence-electron chi connectivity index (χ1n) is 13.1. The molecule has 9 N–H and O–H groups in total. The highest BCUT2D eigenvalue weighted by Gasteiger charge is 2.27. The zero-order chi connectivity index (χ0) is 28.9. The number of carbonyl (C=O) groups excluding carboxylic acids is 3. The number of likely N-dealkylation sites (N-methyl/N-ethyl adjacent to an activating group) is 1. The van der Waals surface area contributed by atoms with E-state index in [4.69, 9.17) is 17.2 Å². The fraction of sp³-hybridized carbons (Fsp3) is 0.267. The molecule has 0 bridgehead atoms. The molecule has 3 aromatic rings. The molecule has 0 saturated carbocycles. The van der Waals surface area contributed by atoms with Gasteiger partial charge in [0, 0.05) is 20.1 Å². The Bertz CT molecular complexity index is 1240. The summed E-state index contributed by atoms with van der Waals surface area (Å²) in [7, 11) is 1.53. The van der Waals surface area contributed by atoms with E-state index in [0.717, 1.165) is 16.7 Å². The Balaban J connectivity index is 1.74. The van der Waals surface area contributed by atoms with E-state index in [9.17, 15) is 14.4 Å². The average Bonchev–Trinajstić information content (AvgIpc) is 2.98. The van der Waals surface area contributed by atoms with Crippen molar-refractivity contribution in [1.29, 1.82) is 0 Å². The molecule has 1 unspecified atom stereocenters. The first kappa shape index (κ1) is 29.9. The topological polar surface area (TPSA) is 178 Å². The highest BCUT2D eigenvalue weighted by atomic mass is 16.2. The summed E-state index contributed by atoms with van der Waals surface area (Å²) >= 11 is 0. The molecule has 0 radical (unpaired) electrons. The van der Waals surface area contributed by atoms with E-state index in [1.54, 1.807) is 24.3 Å². The number of benzene rings is 3. The van der Waals surface area contributed by atoms with Crippen LogP contribution >= 0.6 is 0 Å². The highest BCUT2D eigenvalue weighted by molar-refractivity contribution is 5.92. The number of nitrogens with two attached hydrogens (primary N) is 3. The van der Waals surface area contributed by atoms with Crippen LogP contribution in [-0.4, -0.2) is 43.3 Å². The maximum Gasteiger partial charge on any atom is 0.242 e.